The smallest absolute Gasteiger partial charge is 0.339 e. The van der Waals surface area contributed by atoms with Crippen LogP contribution in [0, 0.1) is 6.92 Å². The lowest BCUT2D eigenvalue weighted by atomic mass is 10.1. The zero-order valence-corrected chi connectivity index (χ0v) is 15.1. The van der Waals surface area contributed by atoms with Crippen molar-refractivity contribution in [3.63, 3.8) is 0 Å². The Morgan fingerprint density at radius 2 is 1.74 bits per heavy atom. The molecule has 4 heteroatoms. The molecular weight excluding hydrogens is 340 g/mol. The number of carbonyl (C=O) groups is 1. The largest absolute Gasteiger partial charge is 0.428 e. The SMILES string of the molecule is Cc1ccc(/C=C/C(=O)Oc2cc(CCc3ccccc3)oc(=O)c2)cc1. The van der Waals surface area contributed by atoms with E-state index in [2.05, 4.69) is 0 Å². The van der Waals surface area contributed by atoms with Crippen molar-refractivity contribution in [1.82, 2.24) is 0 Å². The van der Waals surface area contributed by atoms with Crippen LogP contribution in [-0.2, 0) is 17.6 Å². The van der Waals surface area contributed by atoms with Crippen molar-refractivity contribution >= 4 is 12.0 Å². The summed E-state index contributed by atoms with van der Waals surface area (Å²) in [7, 11) is 0. The second kappa shape index (κ2) is 8.81. The first-order chi connectivity index (χ1) is 13.1. The van der Waals surface area contributed by atoms with E-state index in [1.807, 2.05) is 61.5 Å². The molecule has 3 rings (SSSR count). The number of aryl methyl sites for hydroxylation is 3. The van der Waals surface area contributed by atoms with Crippen molar-refractivity contribution in [2.75, 3.05) is 0 Å². The molecule has 0 aliphatic heterocycles. The van der Waals surface area contributed by atoms with Gasteiger partial charge in [0.1, 0.15) is 11.5 Å². The number of hydrogen-bond donors (Lipinski definition) is 0. The van der Waals surface area contributed by atoms with Crippen molar-refractivity contribution in [3.05, 3.63) is 106 Å². The Balaban J connectivity index is 1.64. The van der Waals surface area contributed by atoms with Crippen molar-refractivity contribution in [3.8, 4) is 5.75 Å². The van der Waals surface area contributed by atoms with E-state index in [-0.39, 0.29) is 5.75 Å². The summed E-state index contributed by atoms with van der Waals surface area (Å²) < 4.78 is 10.4. The molecule has 4 nitrogen and oxygen atoms in total. The molecule has 0 saturated heterocycles. The van der Waals surface area contributed by atoms with Gasteiger partial charge in [0.15, 0.2) is 0 Å². The van der Waals surface area contributed by atoms with Crippen molar-refractivity contribution in [2.24, 2.45) is 0 Å². The Morgan fingerprint density at radius 3 is 2.48 bits per heavy atom. The fraction of sp³-hybridized carbons (Fsp3) is 0.130. The third-order valence-electron chi connectivity index (χ3n) is 4.01. The first-order valence-corrected chi connectivity index (χ1v) is 8.73. The van der Waals surface area contributed by atoms with Gasteiger partial charge in [-0.15, -0.1) is 0 Å². The normalized spacial score (nSPS) is 10.9. The number of rotatable bonds is 6. The Bertz CT molecular complexity index is 983. The molecule has 0 aliphatic carbocycles. The lowest BCUT2D eigenvalue weighted by molar-refractivity contribution is -0.128. The van der Waals surface area contributed by atoms with E-state index in [4.69, 9.17) is 9.15 Å². The van der Waals surface area contributed by atoms with Gasteiger partial charge in [0.25, 0.3) is 0 Å². The highest BCUT2D eigenvalue weighted by molar-refractivity contribution is 5.88. The maximum atomic E-state index is 12.0. The summed E-state index contributed by atoms with van der Waals surface area (Å²) in [6.07, 6.45) is 4.28. The van der Waals surface area contributed by atoms with Crippen LogP contribution in [0.3, 0.4) is 0 Å². The maximum Gasteiger partial charge on any atom is 0.339 e. The van der Waals surface area contributed by atoms with Crippen LogP contribution in [0.1, 0.15) is 22.5 Å². The third-order valence-corrected chi connectivity index (χ3v) is 4.01. The number of ether oxygens (including phenoxy) is 1. The molecule has 0 spiro atoms. The molecule has 1 heterocycles. The Labute approximate surface area is 157 Å². The first kappa shape index (κ1) is 18.4. The van der Waals surface area contributed by atoms with Crippen LogP contribution >= 0.6 is 0 Å². The summed E-state index contributed by atoms with van der Waals surface area (Å²) >= 11 is 0. The highest BCUT2D eigenvalue weighted by Gasteiger charge is 2.07. The molecule has 0 bridgehead atoms. The summed E-state index contributed by atoms with van der Waals surface area (Å²) in [4.78, 5) is 23.8. The maximum absolute atomic E-state index is 12.0. The number of benzene rings is 2. The van der Waals surface area contributed by atoms with Gasteiger partial charge in [-0.2, -0.15) is 0 Å². The monoisotopic (exact) mass is 360 g/mol. The minimum absolute atomic E-state index is 0.188. The quantitative estimate of drug-likeness (QED) is 0.484. The average molecular weight is 360 g/mol. The van der Waals surface area contributed by atoms with E-state index in [1.165, 1.54) is 12.1 Å². The van der Waals surface area contributed by atoms with Gasteiger partial charge in [-0.1, -0.05) is 60.2 Å². The molecule has 0 aliphatic rings. The molecule has 0 unspecified atom stereocenters. The molecule has 0 radical (unpaired) electrons. The average Bonchev–Trinajstić information content (AvgIpc) is 2.66. The molecule has 27 heavy (non-hydrogen) atoms. The summed E-state index contributed by atoms with van der Waals surface area (Å²) in [5, 5.41) is 0. The van der Waals surface area contributed by atoms with Crippen molar-refractivity contribution in [1.29, 1.82) is 0 Å². The van der Waals surface area contributed by atoms with Crippen LogP contribution in [0.15, 0.2) is 82.0 Å². The molecule has 136 valence electrons. The summed E-state index contributed by atoms with van der Waals surface area (Å²) in [6, 6.07) is 20.4. The van der Waals surface area contributed by atoms with Gasteiger partial charge in [0.05, 0.1) is 6.07 Å². The molecule has 0 fully saturated rings. The zero-order chi connectivity index (χ0) is 19.1. The topological polar surface area (TPSA) is 56.5 Å². The standard InChI is InChI=1S/C23H20O4/c1-17-7-9-19(10-8-17)12-14-22(24)27-21-15-20(26-23(25)16-21)13-11-18-5-3-2-4-6-18/h2-10,12,14-16H,11,13H2,1H3/b14-12+. The molecule has 0 atom stereocenters. The molecular formula is C23H20O4. The van der Waals surface area contributed by atoms with E-state index in [1.54, 1.807) is 12.1 Å². The van der Waals surface area contributed by atoms with Crippen LogP contribution in [-0.4, -0.2) is 5.97 Å². The van der Waals surface area contributed by atoms with E-state index in [0.717, 1.165) is 23.1 Å². The fourth-order valence-corrected chi connectivity index (χ4v) is 2.59. The summed E-state index contributed by atoms with van der Waals surface area (Å²) in [5.74, 6) is 0.125. The van der Waals surface area contributed by atoms with Crippen LogP contribution in [0.2, 0.25) is 0 Å². The van der Waals surface area contributed by atoms with Gasteiger partial charge < -0.3 is 9.15 Å². The van der Waals surface area contributed by atoms with Gasteiger partial charge in [0, 0.05) is 18.6 Å². The van der Waals surface area contributed by atoms with E-state index in [0.29, 0.717) is 12.2 Å². The summed E-state index contributed by atoms with van der Waals surface area (Å²) in [5.41, 5.74) is 2.65. The molecule has 0 saturated carbocycles. The van der Waals surface area contributed by atoms with E-state index >= 15 is 0 Å². The summed E-state index contributed by atoms with van der Waals surface area (Å²) in [6.45, 7) is 2.00. The molecule has 2 aromatic carbocycles. The number of carbonyl (C=O) groups excluding carboxylic acids is 1. The van der Waals surface area contributed by atoms with Gasteiger partial charge in [0.2, 0.25) is 0 Å². The highest BCUT2D eigenvalue weighted by atomic mass is 16.5. The minimum atomic E-state index is -0.546. The zero-order valence-electron chi connectivity index (χ0n) is 15.1. The minimum Gasteiger partial charge on any atom is -0.428 e. The fourth-order valence-electron chi connectivity index (χ4n) is 2.59. The lowest BCUT2D eigenvalue weighted by Crippen LogP contribution is -2.08. The first-order valence-electron chi connectivity index (χ1n) is 8.73. The van der Waals surface area contributed by atoms with Crippen LogP contribution < -0.4 is 10.4 Å². The van der Waals surface area contributed by atoms with Crippen molar-refractivity contribution in [2.45, 2.75) is 19.8 Å². The predicted octanol–water partition coefficient (Wildman–Crippen LogP) is 4.35. The van der Waals surface area contributed by atoms with Gasteiger partial charge >= 0.3 is 11.6 Å². The molecule has 3 aromatic rings. The highest BCUT2D eigenvalue weighted by Crippen LogP contribution is 2.14. The van der Waals surface area contributed by atoms with Gasteiger partial charge in [-0.25, -0.2) is 9.59 Å². The second-order valence-corrected chi connectivity index (χ2v) is 6.23. The number of esters is 1. The lowest BCUT2D eigenvalue weighted by Gasteiger charge is -2.04. The van der Waals surface area contributed by atoms with E-state index in [9.17, 15) is 9.59 Å². The van der Waals surface area contributed by atoms with Gasteiger partial charge in [-0.05, 0) is 30.5 Å². The predicted molar refractivity (Wildman–Crippen MR) is 105 cm³/mol. The molecule has 0 N–H and O–H groups in total. The Kier molecular flexibility index (Phi) is 6.00. The Morgan fingerprint density at radius 1 is 1.00 bits per heavy atom. The molecule has 1 aromatic heterocycles. The van der Waals surface area contributed by atoms with Gasteiger partial charge in [-0.3, -0.25) is 0 Å². The number of hydrogen-bond acceptors (Lipinski definition) is 4. The Hall–Kier alpha value is -3.40. The third kappa shape index (κ3) is 5.82. The second-order valence-electron chi connectivity index (χ2n) is 6.23. The van der Waals surface area contributed by atoms with Crippen LogP contribution in [0.25, 0.3) is 6.08 Å². The van der Waals surface area contributed by atoms with Crippen molar-refractivity contribution < 1.29 is 13.9 Å². The van der Waals surface area contributed by atoms with Crippen LogP contribution in [0.5, 0.6) is 5.75 Å². The molecule has 0 amide bonds. The van der Waals surface area contributed by atoms with Crippen LogP contribution in [0.4, 0.5) is 0 Å². The van der Waals surface area contributed by atoms with E-state index < -0.39 is 11.6 Å².